The molecule has 26 heavy (non-hydrogen) atoms. The summed E-state index contributed by atoms with van der Waals surface area (Å²) in [5.41, 5.74) is 4.43. The lowest BCUT2D eigenvalue weighted by atomic mass is 10.0. The maximum absolute atomic E-state index is 4.71. The number of rotatable bonds is 4. The van der Waals surface area contributed by atoms with Crippen LogP contribution in [0.5, 0.6) is 0 Å². The molecule has 0 saturated carbocycles. The summed E-state index contributed by atoms with van der Waals surface area (Å²) >= 11 is 1.62. The normalized spacial score (nSPS) is 17.8. The van der Waals surface area contributed by atoms with E-state index in [1.165, 1.54) is 32.6 Å². The maximum atomic E-state index is 4.71. The van der Waals surface area contributed by atoms with E-state index in [0.717, 1.165) is 52.2 Å². The smallest absolute Gasteiger partial charge is 0.150 e. The predicted octanol–water partition coefficient (Wildman–Crippen LogP) is 3.26. The van der Waals surface area contributed by atoms with Gasteiger partial charge >= 0.3 is 0 Å². The average molecular weight is 365 g/mol. The van der Waals surface area contributed by atoms with Gasteiger partial charge in [-0.3, -0.25) is 4.90 Å². The minimum atomic E-state index is 1.03. The first-order valence-electron chi connectivity index (χ1n) is 9.50. The standard InChI is InChI=1S/C21H24N4S/c1-2-4-20-19(3-1)21(23-26-20)25-11-9-24(10-12-25)8-7-16-5-6-17-14-22-15-18(17)13-16/h1-6,13,22H,7-12,14-15H2. The molecule has 3 heterocycles. The second kappa shape index (κ2) is 6.99. The molecule has 1 fully saturated rings. The van der Waals surface area contributed by atoms with Crippen molar-refractivity contribution in [3.63, 3.8) is 0 Å². The number of piperazine rings is 1. The average Bonchev–Trinajstić information content (AvgIpc) is 3.33. The molecule has 5 heteroatoms. The lowest BCUT2D eigenvalue weighted by Crippen LogP contribution is -2.47. The topological polar surface area (TPSA) is 31.4 Å². The van der Waals surface area contributed by atoms with E-state index in [2.05, 4.69) is 57.6 Å². The van der Waals surface area contributed by atoms with Crippen LogP contribution in [0.15, 0.2) is 42.5 Å². The minimum absolute atomic E-state index is 1.03. The fraction of sp³-hybridized carbons (Fsp3) is 0.381. The third-order valence-corrected chi connectivity index (χ3v) is 6.47. The summed E-state index contributed by atoms with van der Waals surface area (Å²) in [4.78, 5) is 5.05. The van der Waals surface area contributed by atoms with Crippen LogP contribution in [-0.4, -0.2) is 42.0 Å². The molecule has 1 aromatic heterocycles. The van der Waals surface area contributed by atoms with E-state index in [1.54, 1.807) is 11.5 Å². The van der Waals surface area contributed by atoms with Crippen molar-refractivity contribution >= 4 is 27.4 Å². The first kappa shape index (κ1) is 16.2. The van der Waals surface area contributed by atoms with Crippen molar-refractivity contribution in [2.24, 2.45) is 0 Å². The Bertz CT molecular complexity index is 911. The van der Waals surface area contributed by atoms with E-state index >= 15 is 0 Å². The first-order valence-corrected chi connectivity index (χ1v) is 10.3. The van der Waals surface area contributed by atoms with Crippen LogP contribution < -0.4 is 10.2 Å². The van der Waals surface area contributed by atoms with Crippen molar-refractivity contribution in [3.05, 3.63) is 59.2 Å². The predicted molar refractivity (Wildman–Crippen MR) is 109 cm³/mol. The zero-order valence-electron chi connectivity index (χ0n) is 14.9. The summed E-state index contributed by atoms with van der Waals surface area (Å²) in [6.07, 6.45) is 1.15. The highest BCUT2D eigenvalue weighted by atomic mass is 32.1. The molecule has 1 saturated heterocycles. The van der Waals surface area contributed by atoms with Crippen LogP contribution in [0, 0.1) is 0 Å². The Morgan fingerprint density at radius 3 is 2.73 bits per heavy atom. The second-order valence-electron chi connectivity index (χ2n) is 7.29. The van der Waals surface area contributed by atoms with Gasteiger partial charge < -0.3 is 10.2 Å². The van der Waals surface area contributed by atoms with Crippen molar-refractivity contribution in [1.82, 2.24) is 14.6 Å². The van der Waals surface area contributed by atoms with Gasteiger partial charge in [-0.05, 0) is 46.8 Å². The van der Waals surface area contributed by atoms with E-state index in [-0.39, 0.29) is 0 Å². The van der Waals surface area contributed by atoms with Crippen LogP contribution in [0.1, 0.15) is 16.7 Å². The molecule has 0 amide bonds. The zero-order valence-corrected chi connectivity index (χ0v) is 15.8. The van der Waals surface area contributed by atoms with Gasteiger partial charge in [0.25, 0.3) is 0 Å². The Morgan fingerprint density at radius 2 is 1.81 bits per heavy atom. The zero-order chi connectivity index (χ0) is 17.3. The summed E-state index contributed by atoms with van der Waals surface area (Å²) in [5, 5.41) is 4.73. The molecule has 2 aliphatic heterocycles. The molecular weight excluding hydrogens is 340 g/mol. The van der Waals surface area contributed by atoms with Crippen molar-refractivity contribution in [1.29, 1.82) is 0 Å². The van der Waals surface area contributed by atoms with Crippen LogP contribution in [0.4, 0.5) is 5.82 Å². The quantitative estimate of drug-likeness (QED) is 0.770. The van der Waals surface area contributed by atoms with Gasteiger partial charge in [-0.1, -0.05) is 30.3 Å². The molecule has 4 nitrogen and oxygen atoms in total. The fourth-order valence-corrected chi connectivity index (χ4v) is 4.87. The molecule has 134 valence electrons. The summed E-state index contributed by atoms with van der Waals surface area (Å²) < 4.78 is 6.00. The van der Waals surface area contributed by atoms with E-state index in [4.69, 9.17) is 4.37 Å². The van der Waals surface area contributed by atoms with Crippen molar-refractivity contribution in [2.45, 2.75) is 19.5 Å². The molecule has 2 aliphatic rings. The third-order valence-electron chi connectivity index (χ3n) is 5.65. The number of benzene rings is 2. The second-order valence-corrected chi connectivity index (χ2v) is 8.09. The number of fused-ring (bicyclic) bond motifs is 2. The van der Waals surface area contributed by atoms with E-state index < -0.39 is 0 Å². The van der Waals surface area contributed by atoms with Gasteiger partial charge in [-0.15, -0.1) is 0 Å². The molecule has 2 aromatic carbocycles. The largest absolute Gasteiger partial charge is 0.353 e. The number of nitrogens with one attached hydrogen (secondary N) is 1. The monoisotopic (exact) mass is 364 g/mol. The van der Waals surface area contributed by atoms with Crippen molar-refractivity contribution in [2.75, 3.05) is 37.6 Å². The van der Waals surface area contributed by atoms with Crippen LogP contribution >= 0.6 is 11.5 Å². The SMILES string of the molecule is c1ccc2c(N3CCN(CCc4ccc5c(c4)CNC5)CC3)nsc2c1. The molecule has 0 unspecified atom stereocenters. The van der Waals surface area contributed by atoms with Gasteiger partial charge in [0, 0.05) is 51.2 Å². The van der Waals surface area contributed by atoms with Gasteiger partial charge in [0.05, 0.1) is 4.70 Å². The maximum Gasteiger partial charge on any atom is 0.150 e. The number of aromatic nitrogens is 1. The van der Waals surface area contributed by atoms with Gasteiger partial charge in [0.15, 0.2) is 0 Å². The van der Waals surface area contributed by atoms with Crippen LogP contribution in [0.25, 0.3) is 10.1 Å². The molecule has 0 radical (unpaired) electrons. The Morgan fingerprint density at radius 1 is 0.962 bits per heavy atom. The molecule has 5 rings (SSSR count). The fourth-order valence-electron chi connectivity index (χ4n) is 4.07. The molecule has 0 aliphatic carbocycles. The highest BCUT2D eigenvalue weighted by molar-refractivity contribution is 7.13. The first-order chi connectivity index (χ1) is 12.9. The number of hydrogen-bond donors (Lipinski definition) is 1. The van der Waals surface area contributed by atoms with Crippen LogP contribution in [0.3, 0.4) is 0 Å². The number of nitrogens with zero attached hydrogens (tertiary/aromatic N) is 3. The Labute approximate surface area is 158 Å². The molecule has 0 atom stereocenters. The molecule has 1 N–H and O–H groups in total. The van der Waals surface area contributed by atoms with Crippen molar-refractivity contribution < 1.29 is 0 Å². The Kier molecular flexibility index (Phi) is 4.36. The van der Waals surface area contributed by atoms with Crippen LogP contribution in [0.2, 0.25) is 0 Å². The summed E-state index contributed by atoms with van der Waals surface area (Å²) in [5.74, 6) is 1.18. The molecule has 0 bridgehead atoms. The Hall–Kier alpha value is -1.95. The Balaban J connectivity index is 1.18. The van der Waals surface area contributed by atoms with Gasteiger partial charge in [-0.2, -0.15) is 4.37 Å². The highest BCUT2D eigenvalue weighted by Crippen LogP contribution is 2.29. The lowest BCUT2D eigenvalue weighted by molar-refractivity contribution is 0.260. The lowest BCUT2D eigenvalue weighted by Gasteiger charge is -2.35. The molecule has 3 aromatic rings. The van der Waals surface area contributed by atoms with E-state index in [1.807, 2.05) is 0 Å². The molecule has 0 spiro atoms. The summed E-state index contributed by atoms with van der Waals surface area (Å²) in [6, 6.07) is 15.6. The van der Waals surface area contributed by atoms with Gasteiger partial charge in [-0.25, -0.2) is 0 Å². The molecular formula is C21H24N4S. The van der Waals surface area contributed by atoms with E-state index in [0.29, 0.717) is 0 Å². The van der Waals surface area contributed by atoms with Gasteiger partial charge in [0.1, 0.15) is 5.82 Å². The summed E-state index contributed by atoms with van der Waals surface area (Å²) in [7, 11) is 0. The van der Waals surface area contributed by atoms with E-state index in [9.17, 15) is 0 Å². The number of hydrogen-bond acceptors (Lipinski definition) is 5. The summed E-state index contributed by atoms with van der Waals surface area (Å²) in [6.45, 7) is 7.60. The highest BCUT2D eigenvalue weighted by Gasteiger charge is 2.20. The van der Waals surface area contributed by atoms with Gasteiger partial charge in [0.2, 0.25) is 0 Å². The van der Waals surface area contributed by atoms with Crippen molar-refractivity contribution in [3.8, 4) is 0 Å². The third kappa shape index (κ3) is 3.11. The minimum Gasteiger partial charge on any atom is -0.353 e. The number of anilines is 1. The van der Waals surface area contributed by atoms with Crippen LogP contribution in [-0.2, 0) is 19.5 Å².